The van der Waals surface area contributed by atoms with Crippen LogP contribution < -0.4 is 4.74 Å². The Morgan fingerprint density at radius 2 is 2.13 bits per heavy atom. The zero-order valence-electron chi connectivity index (χ0n) is 8.99. The van der Waals surface area contributed by atoms with Crippen LogP contribution in [0.4, 0.5) is 4.39 Å². The van der Waals surface area contributed by atoms with Crippen molar-refractivity contribution in [1.29, 1.82) is 0 Å². The Bertz CT molecular complexity index is 375. The summed E-state index contributed by atoms with van der Waals surface area (Å²) in [6.45, 7) is 5.32. The van der Waals surface area contributed by atoms with Gasteiger partial charge in [0.15, 0.2) is 0 Å². The number of ether oxygens (including phenoxy) is 1. The Morgan fingerprint density at radius 1 is 1.47 bits per heavy atom. The van der Waals surface area contributed by atoms with E-state index in [-0.39, 0.29) is 11.9 Å². The Hall–Kier alpha value is -1.58. The number of benzene rings is 1. The van der Waals surface area contributed by atoms with Crippen LogP contribution >= 0.6 is 0 Å². The van der Waals surface area contributed by atoms with Gasteiger partial charge in [-0.25, -0.2) is 4.39 Å². The molecular formula is C11H14FNO2. The maximum atomic E-state index is 13.0. The fraction of sp³-hybridized carbons (Fsp3) is 0.364. The number of rotatable bonds is 3. The van der Waals surface area contributed by atoms with Crippen LogP contribution in [-0.2, 0) is 0 Å². The average molecular weight is 211 g/mol. The SMILES string of the molecule is CC(=NO)c1ccc(F)cc1OC(C)C. The smallest absolute Gasteiger partial charge is 0.131 e. The van der Waals surface area contributed by atoms with Crippen molar-refractivity contribution in [2.24, 2.45) is 5.16 Å². The molecule has 0 saturated carbocycles. The number of nitrogens with zero attached hydrogens (tertiary/aromatic N) is 1. The predicted molar refractivity (Wildman–Crippen MR) is 56.2 cm³/mol. The molecule has 82 valence electrons. The molecule has 0 amide bonds. The van der Waals surface area contributed by atoms with Gasteiger partial charge in [0, 0.05) is 11.6 Å². The Morgan fingerprint density at radius 3 is 2.67 bits per heavy atom. The van der Waals surface area contributed by atoms with Gasteiger partial charge in [0.25, 0.3) is 0 Å². The third kappa shape index (κ3) is 2.94. The molecule has 0 aromatic heterocycles. The maximum Gasteiger partial charge on any atom is 0.131 e. The van der Waals surface area contributed by atoms with E-state index in [0.717, 1.165) is 0 Å². The van der Waals surface area contributed by atoms with Crippen molar-refractivity contribution in [3.63, 3.8) is 0 Å². The summed E-state index contributed by atoms with van der Waals surface area (Å²) in [6, 6.07) is 4.11. The second-order valence-electron chi connectivity index (χ2n) is 3.49. The average Bonchev–Trinajstić information content (AvgIpc) is 2.16. The van der Waals surface area contributed by atoms with Crippen LogP contribution in [0.1, 0.15) is 26.3 Å². The van der Waals surface area contributed by atoms with E-state index in [1.165, 1.54) is 18.2 Å². The fourth-order valence-electron chi connectivity index (χ4n) is 1.20. The molecule has 0 heterocycles. The first kappa shape index (κ1) is 11.5. The van der Waals surface area contributed by atoms with E-state index in [4.69, 9.17) is 9.94 Å². The summed E-state index contributed by atoms with van der Waals surface area (Å²) < 4.78 is 18.4. The molecule has 0 unspecified atom stereocenters. The minimum absolute atomic E-state index is 0.0583. The third-order valence-corrected chi connectivity index (χ3v) is 1.85. The lowest BCUT2D eigenvalue weighted by Gasteiger charge is -2.13. The maximum absolute atomic E-state index is 13.0. The van der Waals surface area contributed by atoms with Crippen LogP contribution in [0.5, 0.6) is 5.75 Å². The van der Waals surface area contributed by atoms with E-state index in [2.05, 4.69) is 5.16 Å². The van der Waals surface area contributed by atoms with Gasteiger partial charge in [0.1, 0.15) is 11.6 Å². The minimum atomic E-state index is -0.375. The molecule has 0 atom stereocenters. The van der Waals surface area contributed by atoms with E-state index in [1.807, 2.05) is 13.8 Å². The van der Waals surface area contributed by atoms with Gasteiger partial charge in [-0.15, -0.1) is 0 Å². The lowest BCUT2D eigenvalue weighted by molar-refractivity contribution is 0.240. The number of hydrogen-bond acceptors (Lipinski definition) is 3. The van der Waals surface area contributed by atoms with Gasteiger partial charge in [-0.05, 0) is 32.9 Å². The highest BCUT2D eigenvalue weighted by molar-refractivity contribution is 6.00. The molecule has 15 heavy (non-hydrogen) atoms. The van der Waals surface area contributed by atoms with Gasteiger partial charge >= 0.3 is 0 Å². The largest absolute Gasteiger partial charge is 0.490 e. The van der Waals surface area contributed by atoms with Crippen LogP contribution in [0.25, 0.3) is 0 Å². The monoisotopic (exact) mass is 211 g/mol. The first-order valence-corrected chi connectivity index (χ1v) is 4.70. The van der Waals surface area contributed by atoms with Crippen molar-refractivity contribution in [2.75, 3.05) is 0 Å². The van der Waals surface area contributed by atoms with Crippen molar-refractivity contribution in [2.45, 2.75) is 26.9 Å². The molecule has 0 spiro atoms. The summed E-state index contributed by atoms with van der Waals surface area (Å²) >= 11 is 0. The molecular weight excluding hydrogens is 197 g/mol. The summed E-state index contributed by atoms with van der Waals surface area (Å²) in [5.41, 5.74) is 0.984. The van der Waals surface area contributed by atoms with E-state index in [1.54, 1.807) is 6.92 Å². The van der Waals surface area contributed by atoms with Gasteiger partial charge < -0.3 is 9.94 Å². The van der Waals surface area contributed by atoms with Gasteiger partial charge in [-0.2, -0.15) is 0 Å². The highest BCUT2D eigenvalue weighted by atomic mass is 19.1. The van der Waals surface area contributed by atoms with Gasteiger partial charge in [-0.1, -0.05) is 5.16 Å². The van der Waals surface area contributed by atoms with E-state index < -0.39 is 0 Å². The first-order valence-electron chi connectivity index (χ1n) is 4.70. The van der Waals surface area contributed by atoms with Crippen LogP contribution in [0, 0.1) is 5.82 Å². The Labute approximate surface area is 88.2 Å². The van der Waals surface area contributed by atoms with Crippen molar-refractivity contribution in [3.05, 3.63) is 29.6 Å². The summed E-state index contributed by atoms with van der Waals surface area (Å²) in [7, 11) is 0. The van der Waals surface area contributed by atoms with E-state index in [9.17, 15) is 4.39 Å². The standard InChI is InChI=1S/C11H14FNO2/c1-7(2)15-11-6-9(12)4-5-10(11)8(3)13-14/h4-7,14H,1-3H3. The van der Waals surface area contributed by atoms with Crippen LogP contribution in [0.15, 0.2) is 23.4 Å². The Balaban J connectivity index is 3.14. The summed E-state index contributed by atoms with van der Waals surface area (Å²) in [4.78, 5) is 0. The minimum Gasteiger partial charge on any atom is -0.490 e. The highest BCUT2D eigenvalue weighted by Gasteiger charge is 2.10. The summed E-state index contributed by atoms with van der Waals surface area (Å²) in [5.74, 6) is 0.0143. The van der Waals surface area contributed by atoms with Gasteiger partial charge in [0.2, 0.25) is 0 Å². The van der Waals surface area contributed by atoms with E-state index in [0.29, 0.717) is 17.0 Å². The van der Waals surface area contributed by atoms with Crippen molar-refractivity contribution in [3.8, 4) is 5.75 Å². The molecule has 0 radical (unpaired) electrons. The van der Waals surface area contributed by atoms with Gasteiger partial charge in [-0.3, -0.25) is 0 Å². The molecule has 1 rings (SSSR count). The van der Waals surface area contributed by atoms with Gasteiger partial charge in [0.05, 0.1) is 11.8 Å². The third-order valence-electron chi connectivity index (χ3n) is 1.85. The van der Waals surface area contributed by atoms with E-state index >= 15 is 0 Å². The summed E-state index contributed by atoms with van der Waals surface area (Å²) in [6.07, 6.45) is -0.0583. The lowest BCUT2D eigenvalue weighted by Crippen LogP contribution is -2.09. The van der Waals surface area contributed by atoms with Crippen molar-refractivity contribution < 1.29 is 14.3 Å². The molecule has 1 aromatic rings. The molecule has 0 aliphatic carbocycles. The Kier molecular flexibility index (Phi) is 3.66. The van der Waals surface area contributed by atoms with Crippen LogP contribution in [0.2, 0.25) is 0 Å². The van der Waals surface area contributed by atoms with Crippen LogP contribution in [0.3, 0.4) is 0 Å². The zero-order valence-corrected chi connectivity index (χ0v) is 8.99. The predicted octanol–water partition coefficient (Wildman–Crippen LogP) is 2.81. The second-order valence-corrected chi connectivity index (χ2v) is 3.49. The molecule has 0 aliphatic heterocycles. The summed E-state index contributed by atoms with van der Waals surface area (Å²) in [5, 5.41) is 11.7. The molecule has 3 nitrogen and oxygen atoms in total. The van der Waals surface area contributed by atoms with Crippen molar-refractivity contribution in [1.82, 2.24) is 0 Å². The van der Waals surface area contributed by atoms with Crippen LogP contribution in [-0.4, -0.2) is 17.0 Å². The lowest BCUT2D eigenvalue weighted by atomic mass is 10.1. The number of halogens is 1. The normalized spacial score (nSPS) is 11.9. The molecule has 4 heteroatoms. The highest BCUT2D eigenvalue weighted by Crippen LogP contribution is 2.22. The van der Waals surface area contributed by atoms with Crippen molar-refractivity contribution >= 4 is 5.71 Å². The molecule has 0 aliphatic rings. The zero-order chi connectivity index (χ0) is 11.4. The number of hydrogen-bond donors (Lipinski definition) is 1. The second kappa shape index (κ2) is 4.77. The number of oxime groups is 1. The quantitative estimate of drug-likeness (QED) is 0.474. The molecule has 0 fully saturated rings. The molecule has 0 saturated heterocycles. The molecule has 0 bridgehead atoms. The molecule has 1 aromatic carbocycles. The molecule has 1 N–H and O–H groups in total. The fourth-order valence-corrected chi connectivity index (χ4v) is 1.20. The first-order chi connectivity index (χ1) is 7.04. The topological polar surface area (TPSA) is 41.8 Å².